The molecule has 1 aliphatic heterocycles. The van der Waals surface area contributed by atoms with Crippen LogP contribution in [0, 0.1) is 0 Å². The number of rotatable bonds is 4. The summed E-state index contributed by atoms with van der Waals surface area (Å²) in [5.41, 5.74) is 1.30. The van der Waals surface area contributed by atoms with E-state index in [4.69, 9.17) is 0 Å². The molecule has 1 saturated heterocycles. The molecule has 0 aromatic heterocycles. The maximum Gasteiger partial charge on any atom is 0.344 e. The fourth-order valence-corrected chi connectivity index (χ4v) is 2.62. The first kappa shape index (κ1) is 15.3. The summed E-state index contributed by atoms with van der Waals surface area (Å²) in [6, 6.07) is -0.642. The molecule has 2 fully saturated rings. The molecule has 1 aliphatic carbocycles. The highest BCUT2D eigenvalue weighted by Crippen LogP contribution is 2.32. The van der Waals surface area contributed by atoms with E-state index >= 15 is 0 Å². The van der Waals surface area contributed by atoms with E-state index in [9.17, 15) is 19.2 Å². The fraction of sp³-hybridized carbons (Fsp3) is 0.692. The highest BCUT2D eigenvalue weighted by Gasteiger charge is 2.52. The van der Waals surface area contributed by atoms with Gasteiger partial charge in [0.25, 0.3) is 11.8 Å². The quantitative estimate of drug-likeness (QED) is 0.570. The van der Waals surface area contributed by atoms with Crippen LogP contribution in [0.25, 0.3) is 0 Å². The maximum atomic E-state index is 12.3. The lowest BCUT2D eigenvalue weighted by atomic mass is 9.82. The number of ether oxygens (including phenoxy) is 1. The van der Waals surface area contributed by atoms with Crippen molar-refractivity contribution in [3.8, 4) is 0 Å². The second-order valence-corrected chi connectivity index (χ2v) is 5.26. The minimum absolute atomic E-state index is 0.152. The van der Waals surface area contributed by atoms with E-state index in [-0.39, 0.29) is 6.42 Å². The van der Waals surface area contributed by atoms with Crippen LogP contribution in [-0.4, -0.2) is 41.0 Å². The van der Waals surface area contributed by atoms with Crippen molar-refractivity contribution in [2.24, 2.45) is 0 Å². The minimum atomic E-state index is -0.886. The van der Waals surface area contributed by atoms with Crippen molar-refractivity contribution in [1.82, 2.24) is 15.8 Å². The van der Waals surface area contributed by atoms with Crippen molar-refractivity contribution < 1.29 is 23.9 Å². The predicted octanol–water partition coefficient (Wildman–Crippen LogP) is 0.225. The normalized spacial score (nSPS) is 20.3. The van der Waals surface area contributed by atoms with E-state index in [0.717, 1.165) is 19.3 Å². The van der Waals surface area contributed by atoms with Gasteiger partial charge in [0.2, 0.25) is 0 Å². The van der Waals surface area contributed by atoms with Gasteiger partial charge in [-0.15, -0.1) is 0 Å². The highest BCUT2D eigenvalue weighted by molar-refractivity contribution is 6.08. The molecule has 0 atom stereocenters. The number of nitrogens with one attached hydrogen (secondary N) is 2. The van der Waals surface area contributed by atoms with Gasteiger partial charge in [0, 0.05) is 6.42 Å². The smallest absolute Gasteiger partial charge is 0.344 e. The van der Waals surface area contributed by atoms with E-state index in [1.165, 1.54) is 0 Å². The molecule has 8 nitrogen and oxygen atoms in total. The van der Waals surface area contributed by atoms with Gasteiger partial charge in [0.1, 0.15) is 5.54 Å². The molecule has 1 saturated carbocycles. The summed E-state index contributed by atoms with van der Waals surface area (Å²) in [4.78, 5) is 46.8. The van der Waals surface area contributed by atoms with Crippen LogP contribution in [0.3, 0.4) is 0 Å². The Hall–Kier alpha value is -2.12. The lowest BCUT2D eigenvalue weighted by Crippen LogP contribution is -2.51. The largest absolute Gasteiger partial charge is 0.456 e. The maximum absolute atomic E-state index is 12.3. The number of esters is 1. The average molecular weight is 297 g/mol. The third kappa shape index (κ3) is 3.14. The van der Waals surface area contributed by atoms with Crippen LogP contribution in [0.4, 0.5) is 4.79 Å². The van der Waals surface area contributed by atoms with Gasteiger partial charge >= 0.3 is 12.0 Å². The molecule has 116 valence electrons. The van der Waals surface area contributed by atoms with Crippen LogP contribution in [0.15, 0.2) is 0 Å². The van der Waals surface area contributed by atoms with Gasteiger partial charge < -0.3 is 10.1 Å². The summed E-state index contributed by atoms with van der Waals surface area (Å²) in [6.07, 6.45) is 4.07. The predicted molar refractivity (Wildman–Crippen MR) is 70.6 cm³/mol. The van der Waals surface area contributed by atoms with Crippen LogP contribution in [0.1, 0.15) is 45.4 Å². The highest BCUT2D eigenvalue weighted by atomic mass is 16.5. The van der Waals surface area contributed by atoms with Crippen LogP contribution >= 0.6 is 0 Å². The number of carbonyl (C=O) groups is 4. The van der Waals surface area contributed by atoms with E-state index in [1.807, 2.05) is 0 Å². The Kier molecular flexibility index (Phi) is 4.44. The number of amides is 4. The van der Waals surface area contributed by atoms with Crippen molar-refractivity contribution in [2.45, 2.75) is 51.0 Å². The summed E-state index contributed by atoms with van der Waals surface area (Å²) in [5, 5.41) is 3.35. The SMILES string of the molecule is CCC(=O)OCC(=O)NN1C(=O)NC2(CCCCC2)C1=O. The molecular formula is C13H19N3O5. The molecule has 8 heteroatoms. The Morgan fingerprint density at radius 3 is 2.57 bits per heavy atom. The zero-order chi connectivity index (χ0) is 15.5. The van der Waals surface area contributed by atoms with Crippen molar-refractivity contribution in [3.63, 3.8) is 0 Å². The topological polar surface area (TPSA) is 105 Å². The average Bonchev–Trinajstić information content (AvgIpc) is 2.70. The summed E-state index contributed by atoms with van der Waals surface area (Å²) >= 11 is 0. The Morgan fingerprint density at radius 1 is 1.29 bits per heavy atom. The van der Waals surface area contributed by atoms with Gasteiger partial charge in [-0.05, 0) is 12.8 Å². The zero-order valence-corrected chi connectivity index (χ0v) is 11.9. The number of carbonyl (C=O) groups excluding carboxylic acids is 4. The number of hydrogen-bond donors (Lipinski definition) is 2. The number of nitrogens with zero attached hydrogens (tertiary/aromatic N) is 1. The lowest BCUT2D eigenvalue weighted by Gasteiger charge is -2.30. The van der Waals surface area contributed by atoms with Crippen molar-refractivity contribution >= 4 is 23.8 Å². The van der Waals surface area contributed by atoms with Gasteiger partial charge in [-0.2, -0.15) is 5.01 Å². The van der Waals surface area contributed by atoms with Gasteiger partial charge in [-0.25, -0.2) is 4.79 Å². The molecule has 2 rings (SSSR count). The Balaban J connectivity index is 1.94. The zero-order valence-electron chi connectivity index (χ0n) is 11.9. The number of hydrazine groups is 1. The molecule has 0 aromatic rings. The standard InChI is InChI=1S/C13H19N3O5/c1-2-10(18)21-8-9(17)15-16-11(19)13(14-12(16)20)6-4-3-5-7-13/h2-8H2,1H3,(H,14,20)(H,15,17). The first-order valence-electron chi connectivity index (χ1n) is 7.10. The summed E-state index contributed by atoms with van der Waals surface area (Å²) < 4.78 is 4.65. The first-order chi connectivity index (χ1) is 9.98. The molecule has 0 unspecified atom stereocenters. The number of imide groups is 1. The molecule has 2 aliphatic rings. The van der Waals surface area contributed by atoms with E-state index in [2.05, 4.69) is 15.5 Å². The van der Waals surface area contributed by atoms with E-state index < -0.39 is 36.0 Å². The van der Waals surface area contributed by atoms with Crippen molar-refractivity contribution in [1.29, 1.82) is 0 Å². The van der Waals surface area contributed by atoms with Gasteiger partial charge in [0.15, 0.2) is 6.61 Å². The third-order valence-electron chi connectivity index (χ3n) is 3.76. The molecule has 2 N–H and O–H groups in total. The van der Waals surface area contributed by atoms with Crippen LogP contribution in [0.5, 0.6) is 0 Å². The minimum Gasteiger partial charge on any atom is -0.456 e. The second kappa shape index (κ2) is 6.11. The monoisotopic (exact) mass is 297 g/mol. The first-order valence-corrected chi connectivity index (χ1v) is 7.10. The van der Waals surface area contributed by atoms with Gasteiger partial charge in [-0.3, -0.25) is 19.8 Å². The molecule has 0 aromatic carbocycles. The lowest BCUT2D eigenvalue weighted by molar-refractivity contribution is -0.150. The molecule has 21 heavy (non-hydrogen) atoms. The van der Waals surface area contributed by atoms with Crippen LogP contribution in [0.2, 0.25) is 0 Å². The molecular weight excluding hydrogens is 278 g/mol. The number of urea groups is 1. The Morgan fingerprint density at radius 2 is 1.95 bits per heavy atom. The molecule has 1 heterocycles. The van der Waals surface area contributed by atoms with E-state index in [1.54, 1.807) is 6.92 Å². The second-order valence-electron chi connectivity index (χ2n) is 5.26. The fourth-order valence-electron chi connectivity index (χ4n) is 2.62. The molecule has 1 spiro atoms. The Bertz CT molecular complexity index is 470. The molecule has 0 bridgehead atoms. The summed E-state index contributed by atoms with van der Waals surface area (Å²) in [6.45, 7) is 1.08. The molecule has 0 radical (unpaired) electrons. The van der Waals surface area contributed by atoms with Crippen molar-refractivity contribution in [3.05, 3.63) is 0 Å². The van der Waals surface area contributed by atoms with Crippen molar-refractivity contribution in [2.75, 3.05) is 6.61 Å². The Labute approximate surface area is 122 Å². The van der Waals surface area contributed by atoms with Crippen LogP contribution in [-0.2, 0) is 19.1 Å². The third-order valence-corrected chi connectivity index (χ3v) is 3.76. The van der Waals surface area contributed by atoms with Gasteiger partial charge in [-0.1, -0.05) is 26.2 Å². The van der Waals surface area contributed by atoms with Crippen LogP contribution < -0.4 is 10.7 Å². The summed E-state index contributed by atoms with van der Waals surface area (Å²) in [5.74, 6) is -1.68. The van der Waals surface area contributed by atoms with Gasteiger partial charge in [0.05, 0.1) is 0 Å². The molecule has 4 amide bonds. The number of hydrogen-bond acceptors (Lipinski definition) is 5. The van der Waals surface area contributed by atoms with E-state index in [0.29, 0.717) is 17.9 Å². The summed E-state index contributed by atoms with van der Waals surface area (Å²) in [7, 11) is 0.